The summed E-state index contributed by atoms with van der Waals surface area (Å²) in [4.78, 5) is 0. The second kappa shape index (κ2) is 7.50. The highest BCUT2D eigenvalue weighted by Gasteiger charge is 2.09. The molecule has 0 amide bonds. The Morgan fingerprint density at radius 3 is 2.27 bits per heavy atom. The third kappa shape index (κ3) is 4.51. The number of rotatable bonds is 7. The Balaban J connectivity index is 2.55. The molecular formula is C15H23. The van der Waals surface area contributed by atoms with E-state index in [1.165, 1.54) is 44.1 Å². The Morgan fingerprint density at radius 2 is 1.80 bits per heavy atom. The Labute approximate surface area is 94.7 Å². The highest BCUT2D eigenvalue weighted by molar-refractivity contribution is 5.18. The maximum Gasteiger partial charge on any atom is -0.0162 e. The second-order valence-electron chi connectivity index (χ2n) is 4.32. The molecule has 0 unspecified atom stereocenters. The first-order chi connectivity index (χ1) is 7.38. The third-order valence-corrected chi connectivity index (χ3v) is 3.01. The molecule has 0 heteroatoms. The van der Waals surface area contributed by atoms with E-state index in [2.05, 4.69) is 38.1 Å². The van der Waals surface area contributed by atoms with Crippen molar-refractivity contribution in [3.63, 3.8) is 0 Å². The molecule has 0 aliphatic rings. The van der Waals surface area contributed by atoms with Gasteiger partial charge in [-0.3, -0.25) is 0 Å². The van der Waals surface area contributed by atoms with Gasteiger partial charge in [0.25, 0.3) is 0 Å². The molecule has 1 radical (unpaired) electrons. The van der Waals surface area contributed by atoms with Gasteiger partial charge in [0.2, 0.25) is 0 Å². The van der Waals surface area contributed by atoms with Crippen molar-refractivity contribution >= 4 is 0 Å². The molecule has 1 aromatic carbocycles. The van der Waals surface area contributed by atoms with Gasteiger partial charge in [-0.1, -0.05) is 63.8 Å². The first kappa shape index (κ1) is 12.3. The zero-order chi connectivity index (χ0) is 10.9. The van der Waals surface area contributed by atoms with Crippen LogP contribution in [0.25, 0.3) is 0 Å². The van der Waals surface area contributed by atoms with Gasteiger partial charge in [-0.2, -0.15) is 0 Å². The normalized spacial score (nSPS) is 10.9. The molecule has 0 atom stereocenters. The zero-order valence-electron chi connectivity index (χ0n) is 10.1. The van der Waals surface area contributed by atoms with Crippen LogP contribution < -0.4 is 0 Å². The van der Waals surface area contributed by atoms with Crippen molar-refractivity contribution in [3.8, 4) is 0 Å². The van der Waals surface area contributed by atoms with Crippen molar-refractivity contribution in [1.29, 1.82) is 0 Å². The number of unbranched alkanes of at least 4 members (excludes halogenated alkanes) is 2. The van der Waals surface area contributed by atoms with Crippen LogP contribution in [0.4, 0.5) is 0 Å². The first-order valence-corrected chi connectivity index (χ1v) is 6.34. The summed E-state index contributed by atoms with van der Waals surface area (Å²) in [7, 11) is 0. The largest absolute Gasteiger partial charge is 0.0654 e. The van der Waals surface area contributed by atoms with Gasteiger partial charge in [0.15, 0.2) is 0 Å². The van der Waals surface area contributed by atoms with Gasteiger partial charge in [0, 0.05) is 0 Å². The van der Waals surface area contributed by atoms with E-state index in [1.54, 1.807) is 0 Å². The Hall–Kier alpha value is -0.780. The van der Waals surface area contributed by atoms with Gasteiger partial charge in [-0.15, -0.1) is 0 Å². The summed E-state index contributed by atoms with van der Waals surface area (Å²) in [5.41, 5.74) is 1.49. The van der Waals surface area contributed by atoms with Gasteiger partial charge >= 0.3 is 0 Å². The summed E-state index contributed by atoms with van der Waals surface area (Å²) in [5, 5.41) is 0. The van der Waals surface area contributed by atoms with E-state index in [-0.39, 0.29) is 0 Å². The van der Waals surface area contributed by atoms with Crippen LogP contribution in [0.1, 0.15) is 63.9 Å². The van der Waals surface area contributed by atoms with Gasteiger partial charge in [-0.25, -0.2) is 0 Å². The maximum atomic E-state index is 3.19. The number of benzene rings is 1. The minimum Gasteiger partial charge on any atom is -0.0654 e. The predicted octanol–water partition coefficient (Wildman–Crippen LogP) is 4.95. The molecule has 15 heavy (non-hydrogen) atoms. The minimum absolute atomic E-state index is 0.766. The van der Waals surface area contributed by atoms with E-state index in [4.69, 9.17) is 0 Å². The molecule has 1 aromatic rings. The van der Waals surface area contributed by atoms with Crippen LogP contribution in [-0.2, 0) is 0 Å². The Bertz CT molecular complexity index is 229. The molecule has 1 rings (SSSR count). The summed E-state index contributed by atoms with van der Waals surface area (Å²) in [5.74, 6) is 0.766. The summed E-state index contributed by atoms with van der Waals surface area (Å²) >= 11 is 0. The standard InChI is InChI=1S/C15H23/c1-3-5-10-14(11-6-4-2)15-12-8-7-9-13-15/h7-8,12-14H,3-6,10-11H2,1-2H3. The lowest BCUT2D eigenvalue weighted by atomic mass is 9.89. The highest BCUT2D eigenvalue weighted by atomic mass is 14.1. The molecule has 0 N–H and O–H groups in total. The summed E-state index contributed by atoms with van der Waals surface area (Å²) < 4.78 is 0. The van der Waals surface area contributed by atoms with Crippen LogP contribution in [-0.4, -0.2) is 0 Å². The third-order valence-electron chi connectivity index (χ3n) is 3.01. The van der Waals surface area contributed by atoms with E-state index >= 15 is 0 Å². The van der Waals surface area contributed by atoms with Crippen molar-refractivity contribution in [2.24, 2.45) is 0 Å². The highest BCUT2D eigenvalue weighted by Crippen LogP contribution is 2.27. The fraction of sp³-hybridized carbons (Fsp3) is 0.600. The lowest BCUT2D eigenvalue weighted by molar-refractivity contribution is 0.525. The van der Waals surface area contributed by atoms with Gasteiger partial charge in [0.1, 0.15) is 0 Å². The molecule has 0 bridgehead atoms. The van der Waals surface area contributed by atoms with E-state index in [0.717, 1.165) is 5.92 Å². The van der Waals surface area contributed by atoms with Crippen molar-refractivity contribution in [2.75, 3.05) is 0 Å². The van der Waals surface area contributed by atoms with E-state index in [9.17, 15) is 0 Å². The molecule has 0 nitrogen and oxygen atoms in total. The van der Waals surface area contributed by atoms with E-state index in [1.807, 2.05) is 6.07 Å². The zero-order valence-corrected chi connectivity index (χ0v) is 10.1. The molecule has 0 aliphatic heterocycles. The van der Waals surface area contributed by atoms with Crippen molar-refractivity contribution in [1.82, 2.24) is 0 Å². The molecular weight excluding hydrogens is 180 g/mol. The summed E-state index contributed by atoms with van der Waals surface area (Å²) in [6.45, 7) is 4.54. The molecule has 0 saturated carbocycles. The molecule has 0 spiro atoms. The monoisotopic (exact) mass is 203 g/mol. The molecule has 0 aliphatic carbocycles. The van der Waals surface area contributed by atoms with Gasteiger partial charge < -0.3 is 0 Å². The lowest BCUT2D eigenvalue weighted by Crippen LogP contribution is -1.98. The van der Waals surface area contributed by atoms with Crippen LogP contribution in [0.15, 0.2) is 24.3 Å². The van der Waals surface area contributed by atoms with Crippen LogP contribution >= 0.6 is 0 Å². The summed E-state index contributed by atoms with van der Waals surface area (Å²) in [6, 6.07) is 11.7. The average Bonchev–Trinajstić information content (AvgIpc) is 2.30. The lowest BCUT2D eigenvalue weighted by Gasteiger charge is -2.16. The number of hydrogen-bond donors (Lipinski definition) is 0. The average molecular weight is 203 g/mol. The molecule has 0 fully saturated rings. The van der Waals surface area contributed by atoms with Crippen molar-refractivity contribution < 1.29 is 0 Å². The second-order valence-corrected chi connectivity index (χ2v) is 4.32. The van der Waals surface area contributed by atoms with E-state index < -0.39 is 0 Å². The van der Waals surface area contributed by atoms with E-state index in [0.29, 0.717) is 0 Å². The van der Waals surface area contributed by atoms with Crippen LogP contribution in [0, 0.1) is 6.07 Å². The quantitative estimate of drug-likeness (QED) is 0.588. The predicted molar refractivity (Wildman–Crippen MR) is 67.1 cm³/mol. The van der Waals surface area contributed by atoms with Crippen LogP contribution in [0.3, 0.4) is 0 Å². The van der Waals surface area contributed by atoms with Crippen molar-refractivity contribution in [3.05, 3.63) is 35.9 Å². The smallest absolute Gasteiger partial charge is 0.0162 e. The first-order valence-electron chi connectivity index (χ1n) is 6.34. The molecule has 83 valence electrons. The van der Waals surface area contributed by atoms with Gasteiger partial charge in [-0.05, 0) is 30.4 Å². The van der Waals surface area contributed by atoms with Crippen molar-refractivity contribution in [2.45, 2.75) is 58.3 Å². The van der Waals surface area contributed by atoms with Crippen LogP contribution in [0.2, 0.25) is 0 Å². The topological polar surface area (TPSA) is 0 Å². The Kier molecular flexibility index (Phi) is 6.15. The van der Waals surface area contributed by atoms with Crippen LogP contribution in [0.5, 0.6) is 0 Å². The maximum absolute atomic E-state index is 3.19. The fourth-order valence-electron chi connectivity index (χ4n) is 2.04. The van der Waals surface area contributed by atoms with Gasteiger partial charge in [0.05, 0.1) is 0 Å². The molecule has 0 saturated heterocycles. The molecule has 0 aromatic heterocycles. The fourth-order valence-corrected chi connectivity index (χ4v) is 2.04. The summed E-state index contributed by atoms with van der Waals surface area (Å²) in [6.07, 6.45) is 7.99. The minimum atomic E-state index is 0.766. The number of hydrogen-bond acceptors (Lipinski definition) is 0. The SMILES string of the molecule is CCCCC(CCCC)c1c[c]ccc1. The Morgan fingerprint density at radius 1 is 1.13 bits per heavy atom. The molecule has 0 heterocycles.